The van der Waals surface area contributed by atoms with Crippen molar-refractivity contribution >= 4 is 12.0 Å². The van der Waals surface area contributed by atoms with Crippen molar-refractivity contribution in [3.05, 3.63) is 77.4 Å². The van der Waals surface area contributed by atoms with Crippen molar-refractivity contribution in [2.75, 3.05) is 39.3 Å². The Kier molecular flexibility index (Phi) is 6.43. The van der Waals surface area contributed by atoms with Gasteiger partial charge in [-0.2, -0.15) is 0 Å². The number of nitrogens with zero attached hydrogens (tertiary/aromatic N) is 1. The molecule has 2 aromatic rings. The largest absolute Gasteiger partial charge is 0.333 e. The smallest absolute Gasteiger partial charge is 0.280 e. The van der Waals surface area contributed by atoms with Gasteiger partial charge in [-0.3, -0.25) is 4.79 Å². The van der Waals surface area contributed by atoms with E-state index in [4.69, 9.17) is 0 Å². The van der Waals surface area contributed by atoms with E-state index < -0.39 is 0 Å². The third-order valence-electron chi connectivity index (χ3n) is 6.54. The lowest BCUT2D eigenvalue weighted by Crippen LogP contribution is -3.30. The standard InChI is InChI=1S/C25H31N3O/c1-21(25(29)28-15-13-23-11-5-6-12-24(23)20-28)27-18-16-26(17-19-27)14-7-10-22-8-3-2-4-9-22/h2-12,21H,13-20H2,1H3/p+2/b10-7+/t21-/m0/s1. The van der Waals surface area contributed by atoms with Gasteiger partial charge in [0.1, 0.15) is 26.2 Å². The Morgan fingerprint density at radius 3 is 2.45 bits per heavy atom. The zero-order chi connectivity index (χ0) is 20.1. The van der Waals surface area contributed by atoms with Crippen molar-refractivity contribution in [3.63, 3.8) is 0 Å². The Hall–Kier alpha value is -2.43. The third kappa shape index (κ3) is 4.95. The number of rotatable bonds is 5. The third-order valence-corrected chi connectivity index (χ3v) is 6.54. The predicted octanol–water partition coefficient (Wildman–Crippen LogP) is 0.457. The number of quaternary nitrogens is 2. The van der Waals surface area contributed by atoms with E-state index in [1.165, 1.54) is 21.6 Å². The van der Waals surface area contributed by atoms with Crippen LogP contribution in [0.5, 0.6) is 0 Å². The second-order valence-electron chi connectivity index (χ2n) is 8.43. The molecule has 2 aliphatic rings. The number of amides is 1. The van der Waals surface area contributed by atoms with Gasteiger partial charge in [0.25, 0.3) is 5.91 Å². The lowest BCUT2D eigenvalue weighted by Gasteiger charge is -2.36. The second kappa shape index (κ2) is 9.38. The first-order valence-electron chi connectivity index (χ1n) is 11.0. The van der Waals surface area contributed by atoms with Crippen LogP contribution in [0.1, 0.15) is 23.6 Å². The van der Waals surface area contributed by atoms with Gasteiger partial charge in [-0.25, -0.2) is 0 Å². The molecule has 1 saturated heterocycles. The Balaban J connectivity index is 1.25. The summed E-state index contributed by atoms with van der Waals surface area (Å²) in [5.41, 5.74) is 3.98. The average Bonchev–Trinajstić information content (AvgIpc) is 2.79. The van der Waals surface area contributed by atoms with Gasteiger partial charge >= 0.3 is 0 Å². The fourth-order valence-electron chi connectivity index (χ4n) is 4.62. The van der Waals surface area contributed by atoms with Crippen LogP contribution < -0.4 is 9.80 Å². The summed E-state index contributed by atoms with van der Waals surface area (Å²) in [6.45, 7) is 9.23. The van der Waals surface area contributed by atoms with E-state index in [1.807, 2.05) is 0 Å². The van der Waals surface area contributed by atoms with Crippen LogP contribution >= 0.6 is 0 Å². The fourth-order valence-corrected chi connectivity index (χ4v) is 4.62. The van der Waals surface area contributed by atoms with E-state index >= 15 is 0 Å². The van der Waals surface area contributed by atoms with Crippen LogP contribution in [0.15, 0.2) is 60.7 Å². The molecule has 29 heavy (non-hydrogen) atoms. The van der Waals surface area contributed by atoms with Crippen molar-refractivity contribution in [1.82, 2.24) is 4.90 Å². The molecule has 2 aliphatic heterocycles. The summed E-state index contributed by atoms with van der Waals surface area (Å²) in [6.07, 6.45) is 5.48. The zero-order valence-electron chi connectivity index (χ0n) is 17.4. The van der Waals surface area contributed by atoms with Crippen molar-refractivity contribution in [2.45, 2.75) is 25.9 Å². The maximum Gasteiger partial charge on any atom is 0.280 e. The van der Waals surface area contributed by atoms with E-state index in [1.54, 1.807) is 4.90 Å². The second-order valence-corrected chi connectivity index (χ2v) is 8.43. The Bertz CT molecular complexity index is 840. The normalized spacial score (nSPS) is 23.0. The molecule has 4 heteroatoms. The fraction of sp³-hybridized carbons (Fsp3) is 0.400. The quantitative estimate of drug-likeness (QED) is 0.762. The molecule has 2 heterocycles. The van der Waals surface area contributed by atoms with E-state index in [2.05, 4.69) is 78.6 Å². The minimum absolute atomic E-state index is 0.0571. The summed E-state index contributed by atoms with van der Waals surface area (Å²) >= 11 is 0. The van der Waals surface area contributed by atoms with E-state index in [-0.39, 0.29) is 6.04 Å². The number of hydrogen-bond donors (Lipinski definition) is 2. The number of hydrogen-bond acceptors (Lipinski definition) is 1. The summed E-state index contributed by atoms with van der Waals surface area (Å²) in [5, 5.41) is 0. The molecule has 0 aliphatic carbocycles. The molecular weight excluding hydrogens is 358 g/mol. The molecule has 0 radical (unpaired) electrons. The van der Waals surface area contributed by atoms with Crippen LogP contribution in [0.3, 0.4) is 0 Å². The zero-order valence-corrected chi connectivity index (χ0v) is 17.4. The Morgan fingerprint density at radius 2 is 1.69 bits per heavy atom. The summed E-state index contributed by atoms with van der Waals surface area (Å²) in [4.78, 5) is 18.2. The highest BCUT2D eigenvalue weighted by Gasteiger charge is 2.34. The minimum Gasteiger partial charge on any atom is -0.333 e. The lowest BCUT2D eigenvalue weighted by molar-refractivity contribution is -1.02. The Labute approximate surface area is 174 Å². The van der Waals surface area contributed by atoms with Crippen molar-refractivity contribution in [1.29, 1.82) is 0 Å². The van der Waals surface area contributed by atoms with Crippen molar-refractivity contribution in [3.8, 4) is 0 Å². The van der Waals surface area contributed by atoms with Crippen molar-refractivity contribution in [2.24, 2.45) is 0 Å². The van der Waals surface area contributed by atoms with Gasteiger partial charge in [-0.1, -0.05) is 60.7 Å². The van der Waals surface area contributed by atoms with Gasteiger partial charge in [0.2, 0.25) is 0 Å². The van der Waals surface area contributed by atoms with E-state index in [0.29, 0.717) is 5.91 Å². The maximum absolute atomic E-state index is 13.1. The van der Waals surface area contributed by atoms with Gasteiger partial charge in [0, 0.05) is 13.1 Å². The Morgan fingerprint density at radius 1 is 1.00 bits per heavy atom. The van der Waals surface area contributed by atoms with Crippen molar-refractivity contribution < 1.29 is 14.6 Å². The van der Waals surface area contributed by atoms with Crippen LogP contribution in [-0.2, 0) is 17.8 Å². The predicted molar refractivity (Wildman–Crippen MR) is 117 cm³/mol. The molecule has 0 spiro atoms. The van der Waals surface area contributed by atoms with E-state index in [0.717, 1.165) is 52.2 Å². The number of carbonyl (C=O) groups excluding carboxylic acids is 1. The molecule has 0 saturated carbocycles. The molecule has 2 N–H and O–H groups in total. The number of piperazine rings is 1. The van der Waals surface area contributed by atoms with Crippen LogP contribution in [0.2, 0.25) is 0 Å². The van der Waals surface area contributed by atoms with Gasteiger partial charge < -0.3 is 14.7 Å². The first kappa shape index (κ1) is 19.9. The van der Waals surface area contributed by atoms with Gasteiger partial charge in [0.05, 0.1) is 6.54 Å². The molecule has 1 amide bonds. The topological polar surface area (TPSA) is 29.2 Å². The van der Waals surface area contributed by atoms with Gasteiger partial charge in [-0.15, -0.1) is 0 Å². The number of benzene rings is 2. The molecule has 0 bridgehead atoms. The molecule has 1 fully saturated rings. The molecular formula is C25H33N3O+2. The lowest BCUT2D eigenvalue weighted by atomic mass is 9.99. The number of carbonyl (C=O) groups is 1. The highest BCUT2D eigenvalue weighted by Crippen LogP contribution is 2.18. The first-order valence-corrected chi connectivity index (χ1v) is 11.0. The van der Waals surface area contributed by atoms with Crippen LogP contribution in [0.4, 0.5) is 0 Å². The molecule has 0 aromatic heterocycles. The highest BCUT2D eigenvalue weighted by molar-refractivity contribution is 5.80. The summed E-state index contributed by atoms with van der Waals surface area (Å²) < 4.78 is 0. The monoisotopic (exact) mass is 391 g/mol. The molecule has 0 unspecified atom stereocenters. The summed E-state index contributed by atoms with van der Waals surface area (Å²) in [6, 6.07) is 19.1. The maximum atomic E-state index is 13.1. The molecule has 152 valence electrons. The molecule has 4 nitrogen and oxygen atoms in total. The highest BCUT2D eigenvalue weighted by atomic mass is 16.2. The first-order chi connectivity index (χ1) is 14.2. The molecule has 4 rings (SSSR count). The number of fused-ring (bicyclic) bond motifs is 1. The number of nitrogens with one attached hydrogen (secondary N) is 2. The van der Waals surface area contributed by atoms with Crippen LogP contribution in [0, 0.1) is 0 Å². The molecule has 2 aromatic carbocycles. The van der Waals surface area contributed by atoms with E-state index in [9.17, 15) is 4.79 Å². The van der Waals surface area contributed by atoms with Gasteiger partial charge in [-0.05, 0) is 36.1 Å². The summed E-state index contributed by atoms with van der Waals surface area (Å²) in [5.74, 6) is 0.321. The van der Waals surface area contributed by atoms with Gasteiger partial charge in [0.15, 0.2) is 6.04 Å². The average molecular weight is 392 g/mol. The van der Waals surface area contributed by atoms with Crippen LogP contribution in [-0.4, -0.2) is 56.1 Å². The SMILES string of the molecule is C[C@@H](C(=O)N1CCc2ccccc2C1)[NH+]1CC[NH+](C/C=C/c2ccccc2)CC1. The van der Waals surface area contributed by atoms with Crippen LogP contribution in [0.25, 0.3) is 6.08 Å². The molecule has 1 atom stereocenters. The minimum atomic E-state index is 0.0571. The summed E-state index contributed by atoms with van der Waals surface area (Å²) in [7, 11) is 0.